The van der Waals surface area contributed by atoms with Gasteiger partial charge < -0.3 is 14.5 Å². The zero-order chi connectivity index (χ0) is 24.7. The lowest BCUT2D eigenvalue weighted by Crippen LogP contribution is -2.71. The lowest BCUT2D eigenvalue weighted by molar-refractivity contribution is -0.203. The molecule has 0 aliphatic carbocycles. The molecule has 1 N–H and O–H groups in total. The summed E-state index contributed by atoms with van der Waals surface area (Å²) in [5, 5.41) is 0. The first-order valence-electron chi connectivity index (χ1n) is 10.9. The molecule has 10 nitrogen and oxygen atoms in total. The van der Waals surface area contributed by atoms with Crippen LogP contribution < -0.4 is 0 Å². The van der Waals surface area contributed by atoms with Crippen LogP contribution in [0.1, 0.15) is 44.3 Å². The number of ether oxygens (including phenoxy) is 2. The molecule has 34 heavy (non-hydrogen) atoms. The van der Waals surface area contributed by atoms with E-state index in [1.54, 1.807) is 39.1 Å². The molecule has 1 amide bonds. The van der Waals surface area contributed by atoms with Crippen molar-refractivity contribution >= 4 is 33.1 Å². The molecule has 3 aromatic rings. The van der Waals surface area contributed by atoms with Crippen molar-refractivity contribution in [2.24, 2.45) is 5.92 Å². The molecule has 1 aliphatic rings. The summed E-state index contributed by atoms with van der Waals surface area (Å²) < 4.78 is 37.4. The van der Waals surface area contributed by atoms with Gasteiger partial charge in [-0.2, -0.15) is 0 Å². The Labute approximate surface area is 197 Å². The number of carbonyl (C=O) groups excluding carboxylic acids is 2. The lowest BCUT2D eigenvalue weighted by Gasteiger charge is -2.47. The molecule has 0 bridgehead atoms. The van der Waals surface area contributed by atoms with Crippen molar-refractivity contribution in [2.45, 2.75) is 51.2 Å². The number of amides is 1. The summed E-state index contributed by atoms with van der Waals surface area (Å²) in [7, 11) is -4.36. The molecular weight excluding hydrogens is 460 g/mol. The summed E-state index contributed by atoms with van der Waals surface area (Å²) in [5.74, 6) is -0.269. The van der Waals surface area contributed by atoms with Gasteiger partial charge in [0.2, 0.25) is 0 Å². The van der Waals surface area contributed by atoms with Crippen molar-refractivity contribution in [1.82, 2.24) is 19.3 Å². The average molecular weight is 487 g/mol. The maximum atomic E-state index is 13.4. The van der Waals surface area contributed by atoms with E-state index in [1.165, 1.54) is 12.1 Å². The Bertz CT molecular complexity index is 1350. The molecule has 1 saturated heterocycles. The van der Waals surface area contributed by atoms with Gasteiger partial charge >= 0.3 is 17.8 Å². The Morgan fingerprint density at radius 1 is 1.24 bits per heavy atom. The molecule has 2 aromatic heterocycles. The number of pyridine rings is 1. The zero-order valence-corrected chi connectivity index (χ0v) is 20.2. The number of imidazole rings is 1. The molecule has 1 atom stereocenters. The smallest absolute Gasteiger partial charge is 0.430 e. The van der Waals surface area contributed by atoms with Crippen LogP contribution in [0.3, 0.4) is 0 Å². The summed E-state index contributed by atoms with van der Waals surface area (Å²) in [4.78, 5) is 36.9. The van der Waals surface area contributed by atoms with Crippen molar-refractivity contribution in [3.05, 3.63) is 53.6 Å². The van der Waals surface area contributed by atoms with E-state index >= 15 is 0 Å². The summed E-state index contributed by atoms with van der Waals surface area (Å²) in [6.07, 6.45) is 0.997. The van der Waals surface area contributed by atoms with Gasteiger partial charge in [-0.25, -0.2) is 23.0 Å². The number of H-pyrrole nitrogens is 1. The Balaban J connectivity index is 1.63. The third-order valence-corrected chi connectivity index (χ3v) is 7.25. The first kappa shape index (κ1) is 23.7. The SMILES string of the molecule is CCOC(=O)[C@@]1(CC(C)C)OC(=O)N1S(=O)(=O)c1ccc(Cc2nccc3[nH]c(C)nc23)cc1. The number of sulfonamides is 1. The number of hydrogen-bond acceptors (Lipinski definition) is 8. The number of esters is 1. The van der Waals surface area contributed by atoms with Gasteiger partial charge in [-0.05, 0) is 43.5 Å². The molecule has 1 aliphatic heterocycles. The van der Waals surface area contributed by atoms with E-state index in [9.17, 15) is 18.0 Å². The zero-order valence-electron chi connectivity index (χ0n) is 19.4. The van der Waals surface area contributed by atoms with Crippen LogP contribution in [0.5, 0.6) is 0 Å². The number of benzene rings is 1. The van der Waals surface area contributed by atoms with Gasteiger partial charge in [-0.3, -0.25) is 4.98 Å². The highest BCUT2D eigenvalue weighted by molar-refractivity contribution is 7.89. The number of carbonyl (C=O) groups is 2. The van der Waals surface area contributed by atoms with Crippen molar-refractivity contribution in [2.75, 3.05) is 6.61 Å². The van der Waals surface area contributed by atoms with Crippen LogP contribution in [0.25, 0.3) is 11.0 Å². The van der Waals surface area contributed by atoms with Crippen molar-refractivity contribution in [3.63, 3.8) is 0 Å². The molecule has 3 heterocycles. The van der Waals surface area contributed by atoms with E-state index in [0.717, 1.165) is 28.1 Å². The minimum absolute atomic E-state index is 0.0202. The highest BCUT2D eigenvalue weighted by Crippen LogP contribution is 2.41. The molecule has 0 radical (unpaired) electrons. The fourth-order valence-corrected chi connectivity index (χ4v) is 5.58. The van der Waals surface area contributed by atoms with Crippen LogP contribution in [0.15, 0.2) is 41.4 Å². The van der Waals surface area contributed by atoms with Gasteiger partial charge in [0, 0.05) is 19.0 Å². The Kier molecular flexibility index (Phi) is 6.07. The number of aromatic nitrogens is 3. The van der Waals surface area contributed by atoms with Gasteiger partial charge in [0.1, 0.15) is 11.3 Å². The number of cyclic esters (lactones) is 1. The number of aryl methyl sites for hydroxylation is 1. The highest BCUT2D eigenvalue weighted by atomic mass is 32.2. The minimum Gasteiger partial charge on any atom is -0.462 e. The average Bonchev–Trinajstić information content (AvgIpc) is 3.14. The molecular formula is C23H26N4O6S. The third kappa shape index (κ3) is 4.00. The van der Waals surface area contributed by atoms with Crippen LogP contribution in [0, 0.1) is 12.8 Å². The second kappa shape index (κ2) is 8.71. The van der Waals surface area contributed by atoms with E-state index in [4.69, 9.17) is 9.47 Å². The quantitative estimate of drug-likeness (QED) is 0.480. The number of nitrogens with zero attached hydrogens (tertiary/aromatic N) is 3. The Hall–Kier alpha value is -3.47. The number of hydrogen-bond donors (Lipinski definition) is 1. The van der Waals surface area contributed by atoms with Crippen molar-refractivity contribution < 1.29 is 27.5 Å². The normalized spacial score (nSPS) is 18.1. The van der Waals surface area contributed by atoms with Crippen molar-refractivity contribution in [1.29, 1.82) is 0 Å². The van der Waals surface area contributed by atoms with Crippen LogP contribution in [0.2, 0.25) is 0 Å². The van der Waals surface area contributed by atoms with Crippen molar-refractivity contribution in [3.8, 4) is 0 Å². The third-order valence-electron chi connectivity index (χ3n) is 5.46. The van der Waals surface area contributed by atoms with Gasteiger partial charge in [0.25, 0.3) is 10.0 Å². The second-order valence-electron chi connectivity index (χ2n) is 8.54. The predicted molar refractivity (Wildman–Crippen MR) is 122 cm³/mol. The monoisotopic (exact) mass is 486 g/mol. The molecule has 0 spiro atoms. The van der Waals surface area contributed by atoms with Crippen LogP contribution in [-0.4, -0.2) is 52.1 Å². The van der Waals surface area contributed by atoms with Gasteiger partial charge in [-0.15, -0.1) is 4.31 Å². The van der Waals surface area contributed by atoms with Gasteiger partial charge in [-0.1, -0.05) is 26.0 Å². The number of aromatic amines is 1. The van der Waals surface area contributed by atoms with E-state index in [1.807, 2.05) is 13.0 Å². The van der Waals surface area contributed by atoms with E-state index in [0.29, 0.717) is 10.7 Å². The largest absolute Gasteiger partial charge is 0.462 e. The fraction of sp³-hybridized carbons (Fsp3) is 0.391. The number of nitrogens with one attached hydrogen (secondary N) is 1. The molecule has 180 valence electrons. The Morgan fingerprint density at radius 3 is 2.56 bits per heavy atom. The molecule has 0 unspecified atom stereocenters. The summed E-state index contributed by atoms with van der Waals surface area (Å²) in [5.41, 5.74) is 1.19. The highest BCUT2D eigenvalue weighted by Gasteiger charge is 2.66. The van der Waals surface area contributed by atoms with Crippen LogP contribution in [-0.2, 0) is 30.7 Å². The summed E-state index contributed by atoms with van der Waals surface area (Å²) in [6.45, 7) is 7.07. The second-order valence-corrected chi connectivity index (χ2v) is 10.3. The predicted octanol–water partition coefficient (Wildman–Crippen LogP) is 3.30. The topological polar surface area (TPSA) is 132 Å². The van der Waals surface area contributed by atoms with Gasteiger partial charge in [0.15, 0.2) is 0 Å². The first-order valence-corrected chi connectivity index (χ1v) is 12.4. The van der Waals surface area contributed by atoms with E-state index in [2.05, 4.69) is 15.0 Å². The number of fused-ring (bicyclic) bond motifs is 1. The molecule has 1 aromatic carbocycles. The van der Waals surface area contributed by atoms with Gasteiger partial charge in [0.05, 0.1) is 22.7 Å². The van der Waals surface area contributed by atoms with Crippen LogP contribution in [0.4, 0.5) is 4.79 Å². The fourth-order valence-electron chi connectivity index (χ4n) is 4.08. The van der Waals surface area contributed by atoms with Crippen LogP contribution >= 0.6 is 0 Å². The maximum Gasteiger partial charge on any atom is 0.430 e. The summed E-state index contributed by atoms with van der Waals surface area (Å²) >= 11 is 0. The maximum absolute atomic E-state index is 13.4. The van der Waals surface area contributed by atoms with E-state index < -0.39 is 27.8 Å². The molecule has 0 saturated carbocycles. The molecule has 4 rings (SSSR count). The Morgan fingerprint density at radius 2 is 1.94 bits per heavy atom. The molecule has 11 heteroatoms. The summed E-state index contributed by atoms with van der Waals surface area (Å²) in [6, 6.07) is 7.93. The minimum atomic E-state index is -4.36. The standard InChI is InChI=1S/C23H26N4O6S/c1-5-32-21(28)23(13-14(2)3)27(22(29)33-23)34(30,31)17-8-6-16(7-9-17)12-19-20-18(10-11-24-19)25-15(4)26-20/h6-11,14H,5,12-13H2,1-4H3,(H,25,26)/t23-/m1/s1. The lowest BCUT2D eigenvalue weighted by atomic mass is 9.98. The van der Waals surface area contributed by atoms with E-state index in [-0.39, 0.29) is 23.8 Å². The number of rotatable bonds is 8. The first-order chi connectivity index (χ1) is 16.1. The molecule has 1 fully saturated rings.